The molecule has 1 aromatic heterocycles. The van der Waals surface area contributed by atoms with Crippen molar-refractivity contribution in [3.8, 4) is 5.69 Å². The maximum atomic E-state index is 13.1. The van der Waals surface area contributed by atoms with E-state index < -0.39 is 11.5 Å². The van der Waals surface area contributed by atoms with Gasteiger partial charge in [0.15, 0.2) is 0 Å². The summed E-state index contributed by atoms with van der Waals surface area (Å²) in [6, 6.07) is 10.2. The third-order valence-corrected chi connectivity index (χ3v) is 5.79. The van der Waals surface area contributed by atoms with Gasteiger partial charge in [-0.05, 0) is 56.4 Å². The fourth-order valence-corrected chi connectivity index (χ4v) is 4.12. The number of rotatable bonds is 6. The zero-order chi connectivity index (χ0) is 21.2. The SMILES string of the molecule is Cc1cc(C(=O)NC2(CC(=O)O)CCOCC2)c(C)n1-c1cccc(C(C)C)c1. The van der Waals surface area contributed by atoms with Gasteiger partial charge in [0.2, 0.25) is 0 Å². The van der Waals surface area contributed by atoms with E-state index in [1.54, 1.807) is 0 Å². The largest absolute Gasteiger partial charge is 0.481 e. The molecule has 1 aromatic carbocycles. The summed E-state index contributed by atoms with van der Waals surface area (Å²) in [5.74, 6) is -0.728. The highest BCUT2D eigenvalue weighted by atomic mass is 16.5. The van der Waals surface area contributed by atoms with E-state index in [1.807, 2.05) is 32.0 Å². The fraction of sp³-hybridized carbons (Fsp3) is 0.478. The Hall–Kier alpha value is -2.60. The molecule has 0 bridgehead atoms. The van der Waals surface area contributed by atoms with Crippen molar-refractivity contribution in [2.45, 2.75) is 58.4 Å². The van der Waals surface area contributed by atoms with Gasteiger partial charge >= 0.3 is 5.97 Å². The first kappa shape index (κ1) is 21.1. The number of nitrogens with one attached hydrogen (secondary N) is 1. The summed E-state index contributed by atoms with van der Waals surface area (Å²) in [6.45, 7) is 9.13. The molecule has 0 radical (unpaired) electrons. The Morgan fingerprint density at radius 1 is 1.21 bits per heavy atom. The van der Waals surface area contributed by atoms with Crippen molar-refractivity contribution >= 4 is 11.9 Å². The quantitative estimate of drug-likeness (QED) is 0.771. The predicted molar refractivity (Wildman–Crippen MR) is 112 cm³/mol. The topological polar surface area (TPSA) is 80.6 Å². The number of benzene rings is 1. The average Bonchev–Trinajstić information content (AvgIpc) is 2.96. The Balaban J connectivity index is 1.92. The molecule has 1 amide bonds. The third-order valence-electron chi connectivity index (χ3n) is 5.79. The van der Waals surface area contributed by atoms with Crippen LogP contribution in [-0.4, -0.2) is 40.3 Å². The molecule has 6 nitrogen and oxygen atoms in total. The molecule has 0 aliphatic carbocycles. The third kappa shape index (κ3) is 4.53. The Morgan fingerprint density at radius 2 is 1.90 bits per heavy atom. The van der Waals surface area contributed by atoms with Crippen LogP contribution in [0.1, 0.15) is 66.3 Å². The predicted octanol–water partition coefficient (Wildman–Crippen LogP) is 3.97. The molecule has 0 spiro atoms. The van der Waals surface area contributed by atoms with Crippen molar-refractivity contribution in [1.29, 1.82) is 0 Å². The Morgan fingerprint density at radius 3 is 2.52 bits per heavy atom. The molecule has 29 heavy (non-hydrogen) atoms. The summed E-state index contributed by atoms with van der Waals surface area (Å²) in [7, 11) is 0. The van der Waals surface area contributed by atoms with Crippen molar-refractivity contribution in [1.82, 2.24) is 9.88 Å². The lowest BCUT2D eigenvalue weighted by molar-refractivity contribution is -0.139. The van der Waals surface area contributed by atoms with Crippen LogP contribution in [0.3, 0.4) is 0 Å². The van der Waals surface area contributed by atoms with E-state index in [0.717, 1.165) is 17.1 Å². The summed E-state index contributed by atoms with van der Waals surface area (Å²) >= 11 is 0. The van der Waals surface area contributed by atoms with E-state index in [4.69, 9.17) is 4.74 Å². The van der Waals surface area contributed by atoms with E-state index in [0.29, 0.717) is 37.5 Å². The van der Waals surface area contributed by atoms with Gasteiger partial charge in [-0.25, -0.2) is 0 Å². The first-order valence-electron chi connectivity index (χ1n) is 10.1. The monoisotopic (exact) mass is 398 g/mol. The maximum absolute atomic E-state index is 13.1. The zero-order valence-corrected chi connectivity index (χ0v) is 17.6. The highest BCUT2D eigenvalue weighted by Gasteiger charge is 2.37. The van der Waals surface area contributed by atoms with E-state index in [2.05, 4.69) is 35.9 Å². The van der Waals surface area contributed by atoms with E-state index in [9.17, 15) is 14.7 Å². The molecule has 156 valence electrons. The number of carboxylic acid groups (broad SMARTS) is 1. The lowest BCUT2D eigenvalue weighted by Crippen LogP contribution is -2.53. The molecule has 2 heterocycles. The van der Waals surface area contributed by atoms with E-state index >= 15 is 0 Å². The smallest absolute Gasteiger partial charge is 0.305 e. The number of nitrogens with zero attached hydrogens (tertiary/aromatic N) is 1. The molecule has 0 unspecified atom stereocenters. The molecule has 3 rings (SSSR count). The first-order valence-corrected chi connectivity index (χ1v) is 10.1. The number of ether oxygens (including phenoxy) is 1. The molecule has 0 saturated carbocycles. The fourth-order valence-electron chi connectivity index (χ4n) is 4.12. The van der Waals surface area contributed by atoms with Crippen LogP contribution >= 0.6 is 0 Å². The number of carboxylic acids is 1. The number of amides is 1. The van der Waals surface area contributed by atoms with Gasteiger partial charge in [0.25, 0.3) is 5.91 Å². The lowest BCUT2D eigenvalue weighted by atomic mass is 9.86. The normalized spacial score (nSPS) is 16.0. The summed E-state index contributed by atoms with van der Waals surface area (Å²) in [5.41, 5.74) is 3.89. The van der Waals surface area contributed by atoms with Gasteiger partial charge in [0, 0.05) is 30.3 Å². The minimum atomic E-state index is -0.914. The second-order valence-corrected chi connectivity index (χ2v) is 8.29. The Labute approximate surface area is 171 Å². The zero-order valence-electron chi connectivity index (χ0n) is 17.6. The Kier molecular flexibility index (Phi) is 6.13. The van der Waals surface area contributed by atoms with Gasteiger partial charge < -0.3 is 19.7 Å². The second-order valence-electron chi connectivity index (χ2n) is 8.29. The molecular formula is C23H30N2O4. The van der Waals surface area contributed by atoms with Crippen molar-refractivity contribution < 1.29 is 19.4 Å². The van der Waals surface area contributed by atoms with Crippen LogP contribution in [0.25, 0.3) is 5.69 Å². The molecule has 0 atom stereocenters. The van der Waals surface area contributed by atoms with Gasteiger partial charge in [0.1, 0.15) is 0 Å². The first-order chi connectivity index (χ1) is 13.7. The van der Waals surface area contributed by atoms with Gasteiger partial charge in [-0.15, -0.1) is 0 Å². The highest BCUT2D eigenvalue weighted by molar-refractivity contribution is 5.96. The summed E-state index contributed by atoms with van der Waals surface area (Å²) in [6.07, 6.45) is 0.900. The summed E-state index contributed by atoms with van der Waals surface area (Å²) in [4.78, 5) is 24.5. The van der Waals surface area contributed by atoms with Gasteiger partial charge in [-0.3, -0.25) is 9.59 Å². The molecule has 2 aromatic rings. The van der Waals surface area contributed by atoms with Crippen molar-refractivity contribution in [2.75, 3.05) is 13.2 Å². The molecule has 1 aliphatic rings. The summed E-state index contributed by atoms with van der Waals surface area (Å²) in [5, 5.41) is 12.4. The maximum Gasteiger partial charge on any atom is 0.305 e. The highest BCUT2D eigenvalue weighted by Crippen LogP contribution is 2.28. The van der Waals surface area contributed by atoms with Crippen LogP contribution in [-0.2, 0) is 9.53 Å². The van der Waals surface area contributed by atoms with Gasteiger partial charge in [-0.1, -0.05) is 26.0 Å². The second kappa shape index (κ2) is 8.41. The van der Waals surface area contributed by atoms with Crippen LogP contribution in [0, 0.1) is 13.8 Å². The number of hydrogen-bond donors (Lipinski definition) is 2. The van der Waals surface area contributed by atoms with Crippen molar-refractivity contribution in [3.05, 3.63) is 52.8 Å². The Bertz CT molecular complexity index is 908. The molecular weight excluding hydrogens is 368 g/mol. The van der Waals surface area contributed by atoms with E-state index in [-0.39, 0.29) is 12.3 Å². The average molecular weight is 399 g/mol. The number of hydrogen-bond acceptors (Lipinski definition) is 3. The number of aryl methyl sites for hydroxylation is 1. The molecule has 1 saturated heterocycles. The minimum absolute atomic E-state index is 0.0999. The van der Waals surface area contributed by atoms with Crippen molar-refractivity contribution in [2.24, 2.45) is 0 Å². The van der Waals surface area contributed by atoms with Crippen LogP contribution in [0.4, 0.5) is 0 Å². The number of carbonyl (C=O) groups is 2. The molecule has 1 fully saturated rings. The van der Waals surface area contributed by atoms with Gasteiger partial charge in [-0.2, -0.15) is 0 Å². The molecule has 2 N–H and O–H groups in total. The van der Waals surface area contributed by atoms with Crippen LogP contribution in [0.5, 0.6) is 0 Å². The van der Waals surface area contributed by atoms with Crippen LogP contribution < -0.4 is 5.32 Å². The van der Waals surface area contributed by atoms with Crippen LogP contribution in [0.15, 0.2) is 30.3 Å². The minimum Gasteiger partial charge on any atom is -0.481 e. The lowest BCUT2D eigenvalue weighted by Gasteiger charge is -2.36. The molecule has 1 aliphatic heterocycles. The summed E-state index contributed by atoms with van der Waals surface area (Å²) < 4.78 is 7.46. The standard InChI is InChI=1S/C23H30N2O4/c1-15(2)18-6-5-7-19(13-18)25-16(3)12-20(17(25)4)22(28)24-23(14-21(26)27)8-10-29-11-9-23/h5-7,12-13,15H,8-11,14H2,1-4H3,(H,24,28)(H,26,27). The van der Waals surface area contributed by atoms with Crippen molar-refractivity contribution in [3.63, 3.8) is 0 Å². The van der Waals surface area contributed by atoms with E-state index in [1.165, 1.54) is 5.56 Å². The number of aliphatic carboxylic acids is 1. The molecule has 6 heteroatoms. The van der Waals surface area contributed by atoms with Gasteiger partial charge in [0.05, 0.1) is 17.5 Å². The van der Waals surface area contributed by atoms with Crippen LogP contribution in [0.2, 0.25) is 0 Å². The number of carbonyl (C=O) groups excluding carboxylic acids is 1. The number of aromatic nitrogens is 1.